The first kappa shape index (κ1) is 15.1. The molecule has 0 amide bonds. The van der Waals surface area contributed by atoms with Crippen molar-refractivity contribution in [3.63, 3.8) is 0 Å². The van der Waals surface area contributed by atoms with Crippen molar-refractivity contribution in [1.29, 1.82) is 0 Å². The third kappa shape index (κ3) is 2.90. The van der Waals surface area contributed by atoms with E-state index in [0.29, 0.717) is 5.56 Å². The van der Waals surface area contributed by atoms with E-state index in [0.717, 1.165) is 44.5 Å². The van der Waals surface area contributed by atoms with Crippen molar-refractivity contribution in [3.8, 4) is 0 Å². The minimum atomic E-state index is -0.894. The standard InChI is InChI=1S/C16H21F2NO/c1-3-16(2,19-8-4-5-9-19)15(20)11-12-6-7-13(17)14(18)10-12/h6-7,10H,3-5,8-9,11H2,1-2H3. The van der Waals surface area contributed by atoms with Crippen LogP contribution < -0.4 is 0 Å². The Kier molecular flexibility index (Phi) is 4.53. The second kappa shape index (κ2) is 6.00. The SMILES string of the molecule is CCC(C)(C(=O)Cc1ccc(F)c(F)c1)N1CCCC1. The Labute approximate surface area is 118 Å². The first-order valence-corrected chi connectivity index (χ1v) is 7.19. The zero-order valence-corrected chi connectivity index (χ0v) is 12.1. The molecule has 0 saturated carbocycles. The third-order valence-corrected chi connectivity index (χ3v) is 4.44. The van der Waals surface area contributed by atoms with Crippen LogP contribution >= 0.6 is 0 Å². The zero-order valence-electron chi connectivity index (χ0n) is 12.1. The fourth-order valence-electron chi connectivity index (χ4n) is 2.83. The fourth-order valence-corrected chi connectivity index (χ4v) is 2.83. The van der Waals surface area contributed by atoms with Crippen LogP contribution in [0.4, 0.5) is 8.78 Å². The smallest absolute Gasteiger partial charge is 0.159 e. The first-order valence-electron chi connectivity index (χ1n) is 7.19. The average Bonchev–Trinajstić information content (AvgIpc) is 2.96. The molecule has 2 nitrogen and oxygen atoms in total. The van der Waals surface area contributed by atoms with Crippen LogP contribution in [-0.2, 0) is 11.2 Å². The molecule has 1 aromatic carbocycles. The quantitative estimate of drug-likeness (QED) is 0.825. The topological polar surface area (TPSA) is 20.3 Å². The van der Waals surface area contributed by atoms with Gasteiger partial charge in [0, 0.05) is 6.42 Å². The number of hydrogen-bond acceptors (Lipinski definition) is 2. The molecule has 4 heteroatoms. The van der Waals surface area contributed by atoms with Gasteiger partial charge in [0.15, 0.2) is 17.4 Å². The normalized spacial score (nSPS) is 19.0. The summed E-state index contributed by atoms with van der Waals surface area (Å²) >= 11 is 0. The first-order chi connectivity index (χ1) is 9.47. The summed E-state index contributed by atoms with van der Waals surface area (Å²) in [4.78, 5) is 14.8. The molecule has 1 heterocycles. The van der Waals surface area contributed by atoms with Crippen molar-refractivity contribution in [2.24, 2.45) is 0 Å². The van der Waals surface area contributed by atoms with Gasteiger partial charge in [0.05, 0.1) is 5.54 Å². The van der Waals surface area contributed by atoms with E-state index in [1.165, 1.54) is 6.07 Å². The van der Waals surface area contributed by atoms with Gasteiger partial charge in [-0.25, -0.2) is 8.78 Å². The van der Waals surface area contributed by atoms with E-state index < -0.39 is 17.2 Å². The van der Waals surface area contributed by atoms with Crippen LogP contribution in [0.2, 0.25) is 0 Å². The van der Waals surface area contributed by atoms with Crippen LogP contribution in [0, 0.1) is 11.6 Å². The second-order valence-corrected chi connectivity index (χ2v) is 5.67. The van der Waals surface area contributed by atoms with Crippen LogP contribution in [-0.4, -0.2) is 29.3 Å². The molecule has 1 fully saturated rings. The molecule has 1 aliphatic rings. The van der Waals surface area contributed by atoms with Gasteiger partial charge in [0.1, 0.15) is 0 Å². The Morgan fingerprint density at radius 1 is 1.25 bits per heavy atom. The van der Waals surface area contributed by atoms with E-state index in [2.05, 4.69) is 4.90 Å². The van der Waals surface area contributed by atoms with Gasteiger partial charge >= 0.3 is 0 Å². The Balaban J connectivity index is 2.14. The predicted octanol–water partition coefficient (Wildman–Crippen LogP) is 3.34. The lowest BCUT2D eigenvalue weighted by molar-refractivity contribution is -0.129. The summed E-state index contributed by atoms with van der Waals surface area (Å²) in [5, 5.41) is 0. The van der Waals surface area contributed by atoms with Gasteiger partial charge in [-0.1, -0.05) is 13.0 Å². The van der Waals surface area contributed by atoms with Crippen LogP contribution in [0.1, 0.15) is 38.7 Å². The maximum absolute atomic E-state index is 13.2. The Hall–Kier alpha value is -1.29. The number of likely N-dealkylation sites (tertiary alicyclic amines) is 1. The third-order valence-electron chi connectivity index (χ3n) is 4.44. The number of carbonyl (C=O) groups excluding carboxylic acids is 1. The summed E-state index contributed by atoms with van der Waals surface area (Å²) in [5.41, 5.74) is 0.0363. The molecule has 0 radical (unpaired) electrons. The van der Waals surface area contributed by atoms with Gasteiger partial charge in [-0.15, -0.1) is 0 Å². The number of rotatable bonds is 5. The number of benzene rings is 1. The monoisotopic (exact) mass is 281 g/mol. The van der Waals surface area contributed by atoms with Crippen molar-refractivity contribution in [2.75, 3.05) is 13.1 Å². The molecule has 1 aromatic rings. The minimum absolute atomic E-state index is 0.0768. The summed E-state index contributed by atoms with van der Waals surface area (Å²) in [6.45, 7) is 5.84. The van der Waals surface area contributed by atoms with Crippen molar-refractivity contribution < 1.29 is 13.6 Å². The molecule has 0 aromatic heterocycles. The van der Waals surface area contributed by atoms with E-state index in [4.69, 9.17) is 0 Å². The molecule has 1 atom stereocenters. The van der Waals surface area contributed by atoms with E-state index in [-0.39, 0.29) is 12.2 Å². The van der Waals surface area contributed by atoms with Crippen molar-refractivity contribution in [2.45, 2.75) is 45.1 Å². The van der Waals surface area contributed by atoms with Gasteiger partial charge in [-0.05, 0) is 57.0 Å². The Morgan fingerprint density at radius 2 is 1.90 bits per heavy atom. The van der Waals surface area contributed by atoms with E-state index in [9.17, 15) is 13.6 Å². The number of nitrogens with zero attached hydrogens (tertiary/aromatic N) is 1. The highest BCUT2D eigenvalue weighted by Gasteiger charge is 2.38. The predicted molar refractivity (Wildman–Crippen MR) is 74.6 cm³/mol. The highest BCUT2D eigenvalue weighted by atomic mass is 19.2. The molecule has 0 aliphatic carbocycles. The summed E-state index contributed by atoms with van der Waals surface area (Å²) in [5.74, 6) is -1.69. The van der Waals surface area contributed by atoms with Crippen LogP contribution in [0.5, 0.6) is 0 Å². The van der Waals surface area contributed by atoms with Gasteiger partial charge in [-0.2, -0.15) is 0 Å². The van der Waals surface area contributed by atoms with Crippen LogP contribution in [0.3, 0.4) is 0 Å². The summed E-state index contributed by atoms with van der Waals surface area (Å²) in [7, 11) is 0. The summed E-state index contributed by atoms with van der Waals surface area (Å²) < 4.78 is 26.1. The molecule has 0 spiro atoms. The van der Waals surface area contributed by atoms with Gasteiger partial charge < -0.3 is 0 Å². The summed E-state index contributed by atoms with van der Waals surface area (Å²) in [6.07, 6.45) is 3.12. The summed E-state index contributed by atoms with van der Waals surface area (Å²) in [6, 6.07) is 3.68. The number of Topliss-reactive ketones (excluding diaryl/α,β-unsaturated/α-hetero) is 1. The van der Waals surface area contributed by atoms with Crippen molar-refractivity contribution in [1.82, 2.24) is 4.90 Å². The number of carbonyl (C=O) groups is 1. The molecule has 1 aliphatic heterocycles. The lowest BCUT2D eigenvalue weighted by Gasteiger charge is -2.36. The maximum Gasteiger partial charge on any atom is 0.159 e. The lowest BCUT2D eigenvalue weighted by atomic mass is 9.87. The van der Waals surface area contributed by atoms with Gasteiger partial charge in [0.25, 0.3) is 0 Å². The average molecular weight is 281 g/mol. The highest BCUT2D eigenvalue weighted by Crippen LogP contribution is 2.27. The largest absolute Gasteiger partial charge is 0.297 e. The lowest BCUT2D eigenvalue weighted by Crippen LogP contribution is -2.51. The Bertz CT molecular complexity index is 497. The van der Waals surface area contributed by atoms with Gasteiger partial charge in [-0.3, -0.25) is 9.69 Å². The second-order valence-electron chi connectivity index (χ2n) is 5.67. The van der Waals surface area contributed by atoms with Gasteiger partial charge in [0.2, 0.25) is 0 Å². The van der Waals surface area contributed by atoms with Crippen LogP contribution in [0.15, 0.2) is 18.2 Å². The van der Waals surface area contributed by atoms with Crippen molar-refractivity contribution in [3.05, 3.63) is 35.4 Å². The zero-order chi connectivity index (χ0) is 14.8. The van der Waals surface area contributed by atoms with Crippen LogP contribution in [0.25, 0.3) is 0 Å². The number of hydrogen-bond donors (Lipinski definition) is 0. The van der Waals surface area contributed by atoms with E-state index in [1.807, 2.05) is 13.8 Å². The molecule has 2 rings (SSSR count). The molecule has 1 saturated heterocycles. The highest BCUT2D eigenvalue weighted by molar-refractivity contribution is 5.89. The Morgan fingerprint density at radius 3 is 2.45 bits per heavy atom. The molecule has 0 bridgehead atoms. The molecule has 0 N–H and O–H groups in total. The molecular weight excluding hydrogens is 260 g/mol. The molecule has 20 heavy (non-hydrogen) atoms. The molecule has 1 unspecified atom stereocenters. The molecule has 110 valence electrons. The number of ketones is 1. The minimum Gasteiger partial charge on any atom is -0.297 e. The molecular formula is C16H21F2NO. The maximum atomic E-state index is 13.2. The van der Waals surface area contributed by atoms with E-state index >= 15 is 0 Å². The fraction of sp³-hybridized carbons (Fsp3) is 0.562. The van der Waals surface area contributed by atoms with E-state index in [1.54, 1.807) is 0 Å². The van der Waals surface area contributed by atoms with Crippen molar-refractivity contribution >= 4 is 5.78 Å². The number of halogens is 2.